The molecule has 1 atom stereocenters. The van der Waals surface area contributed by atoms with Crippen LogP contribution in [-0.2, 0) is 24.3 Å². The Balaban J connectivity index is 1.61. The zero-order valence-corrected chi connectivity index (χ0v) is 17.6. The van der Waals surface area contributed by atoms with Crippen LogP contribution in [-0.4, -0.2) is 49.8 Å². The van der Waals surface area contributed by atoms with E-state index in [9.17, 15) is 18.0 Å². The Bertz CT molecular complexity index is 924. The molecule has 1 aliphatic rings. The third-order valence-electron chi connectivity index (χ3n) is 4.90. The van der Waals surface area contributed by atoms with E-state index in [-0.39, 0.29) is 36.2 Å². The maximum atomic E-state index is 12.8. The minimum atomic E-state index is -3.61. The Morgan fingerprint density at radius 3 is 2.66 bits per heavy atom. The molecule has 8 nitrogen and oxygen atoms in total. The highest BCUT2D eigenvalue weighted by Crippen LogP contribution is 2.26. The molecule has 0 unspecified atom stereocenters. The number of nitrogens with zero attached hydrogens (tertiary/aromatic N) is 2. The lowest BCUT2D eigenvalue weighted by Crippen LogP contribution is -2.43. The highest BCUT2D eigenvalue weighted by Gasteiger charge is 2.33. The molecular weight excluding hydrogens is 414 g/mol. The van der Waals surface area contributed by atoms with Crippen molar-refractivity contribution in [2.75, 3.05) is 20.2 Å². The average molecular weight is 438 g/mol. The molecule has 1 amide bonds. The third-order valence-corrected chi connectivity index (χ3v) is 7.77. The van der Waals surface area contributed by atoms with Gasteiger partial charge in [0.15, 0.2) is 0 Å². The van der Waals surface area contributed by atoms with E-state index >= 15 is 0 Å². The molecule has 2 aromatic heterocycles. The van der Waals surface area contributed by atoms with Crippen LogP contribution in [0, 0.1) is 5.92 Å². The van der Waals surface area contributed by atoms with Crippen LogP contribution < -0.4 is 5.32 Å². The molecule has 0 radical (unpaired) electrons. The number of aromatic nitrogens is 1. The van der Waals surface area contributed by atoms with E-state index in [0.29, 0.717) is 12.8 Å². The van der Waals surface area contributed by atoms with E-state index in [0.717, 1.165) is 4.88 Å². The number of pyridine rings is 1. The van der Waals surface area contributed by atoms with Crippen LogP contribution in [0.25, 0.3) is 0 Å². The summed E-state index contributed by atoms with van der Waals surface area (Å²) in [5.41, 5.74) is 0. The van der Waals surface area contributed by atoms with Crippen molar-refractivity contribution in [3.05, 3.63) is 46.9 Å². The molecule has 1 aliphatic heterocycles. The minimum absolute atomic E-state index is 0.0526. The van der Waals surface area contributed by atoms with Crippen molar-refractivity contribution in [2.24, 2.45) is 5.92 Å². The van der Waals surface area contributed by atoms with Crippen molar-refractivity contribution in [3.8, 4) is 0 Å². The fourth-order valence-corrected chi connectivity index (χ4v) is 5.47. The second kappa shape index (κ2) is 9.47. The Kier molecular flexibility index (Phi) is 6.99. The lowest BCUT2D eigenvalue weighted by molar-refractivity contribution is -0.141. The highest BCUT2D eigenvalue weighted by molar-refractivity contribution is 7.89. The Morgan fingerprint density at radius 1 is 1.31 bits per heavy atom. The van der Waals surface area contributed by atoms with E-state index in [1.54, 1.807) is 6.07 Å². The van der Waals surface area contributed by atoms with Crippen molar-refractivity contribution in [1.82, 2.24) is 14.6 Å². The Morgan fingerprint density at radius 2 is 2.07 bits per heavy atom. The molecule has 0 saturated carbocycles. The van der Waals surface area contributed by atoms with Gasteiger partial charge in [-0.2, -0.15) is 4.31 Å². The van der Waals surface area contributed by atoms with Crippen molar-refractivity contribution in [1.29, 1.82) is 0 Å². The second-order valence-electron chi connectivity index (χ2n) is 6.72. The Labute approximate surface area is 173 Å². The lowest BCUT2D eigenvalue weighted by atomic mass is 9.96. The van der Waals surface area contributed by atoms with Crippen LogP contribution in [0.4, 0.5) is 0 Å². The van der Waals surface area contributed by atoms with Gasteiger partial charge in [-0.3, -0.25) is 14.6 Å². The first-order valence-electron chi connectivity index (χ1n) is 9.22. The summed E-state index contributed by atoms with van der Waals surface area (Å²) >= 11 is 1.46. The maximum absolute atomic E-state index is 12.8. The number of rotatable bonds is 7. The molecule has 0 aliphatic carbocycles. The Hall–Kier alpha value is -2.30. The SMILES string of the molecule is COC(=O)C[C@@H](NC(=O)C1CCN(S(=O)(=O)c2cccnc2)CC1)c1cccs1. The van der Waals surface area contributed by atoms with Crippen LogP contribution in [0.3, 0.4) is 0 Å². The van der Waals surface area contributed by atoms with Gasteiger partial charge in [0.25, 0.3) is 0 Å². The molecule has 0 bridgehead atoms. The summed E-state index contributed by atoms with van der Waals surface area (Å²) in [5.74, 6) is -0.887. The molecule has 0 spiro atoms. The number of hydrogen-bond donors (Lipinski definition) is 1. The summed E-state index contributed by atoms with van der Waals surface area (Å²) in [5, 5.41) is 4.81. The van der Waals surface area contributed by atoms with Crippen LogP contribution in [0.2, 0.25) is 0 Å². The van der Waals surface area contributed by atoms with Gasteiger partial charge in [-0.05, 0) is 36.4 Å². The number of piperidine rings is 1. The van der Waals surface area contributed by atoms with Gasteiger partial charge in [-0.1, -0.05) is 6.07 Å². The molecule has 3 rings (SSSR count). The van der Waals surface area contributed by atoms with Crippen molar-refractivity contribution >= 4 is 33.2 Å². The van der Waals surface area contributed by atoms with E-state index in [2.05, 4.69) is 10.3 Å². The molecule has 2 aromatic rings. The van der Waals surface area contributed by atoms with Crippen molar-refractivity contribution < 1.29 is 22.7 Å². The molecule has 10 heteroatoms. The topological polar surface area (TPSA) is 106 Å². The first-order valence-corrected chi connectivity index (χ1v) is 11.5. The normalized spacial score (nSPS) is 16.9. The third kappa shape index (κ3) is 5.20. The molecule has 29 heavy (non-hydrogen) atoms. The molecule has 1 fully saturated rings. The molecular formula is C19H23N3O5S2. The summed E-state index contributed by atoms with van der Waals surface area (Å²) in [6.07, 6.45) is 3.74. The van der Waals surface area contributed by atoms with Crippen molar-refractivity contribution in [2.45, 2.75) is 30.2 Å². The number of hydrogen-bond acceptors (Lipinski definition) is 7. The van der Waals surface area contributed by atoms with Crippen LogP contribution in [0.15, 0.2) is 46.9 Å². The van der Waals surface area contributed by atoms with Gasteiger partial charge in [-0.15, -0.1) is 11.3 Å². The number of amides is 1. The largest absolute Gasteiger partial charge is 0.469 e. The number of thiophene rings is 1. The number of ether oxygens (including phenoxy) is 1. The predicted molar refractivity (Wildman–Crippen MR) is 108 cm³/mol. The van der Waals surface area contributed by atoms with Gasteiger partial charge >= 0.3 is 5.97 Å². The van der Waals surface area contributed by atoms with Gasteiger partial charge < -0.3 is 10.1 Å². The van der Waals surface area contributed by atoms with Crippen LogP contribution in [0.1, 0.15) is 30.2 Å². The van der Waals surface area contributed by atoms with Gasteiger partial charge in [0, 0.05) is 36.3 Å². The van der Waals surface area contributed by atoms with E-state index in [1.807, 2.05) is 17.5 Å². The number of esters is 1. The van der Waals surface area contributed by atoms with Gasteiger partial charge in [0.05, 0.1) is 19.6 Å². The van der Waals surface area contributed by atoms with Gasteiger partial charge in [-0.25, -0.2) is 8.42 Å². The highest BCUT2D eigenvalue weighted by atomic mass is 32.2. The van der Waals surface area contributed by atoms with Gasteiger partial charge in [0.1, 0.15) is 4.90 Å². The number of carbonyl (C=O) groups excluding carboxylic acids is 2. The monoisotopic (exact) mass is 437 g/mol. The zero-order chi connectivity index (χ0) is 20.9. The molecule has 156 valence electrons. The summed E-state index contributed by atoms with van der Waals surface area (Å²) in [4.78, 5) is 29.4. The quantitative estimate of drug-likeness (QED) is 0.664. The maximum Gasteiger partial charge on any atom is 0.307 e. The molecule has 1 saturated heterocycles. The minimum Gasteiger partial charge on any atom is -0.469 e. The summed E-state index contributed by atoms with van der Waals surface area (Å²) < 4.78 is 31.5. The second-order valence-corrected chi connectivity index (χ2v) is 9.64. The first kappa shape index (κ1) is 21.4. The van der Waals surface area contributed by atoms with Crippen LogP contribution in [0.5, 0.6) is 0 Å². The van der Waals surface area contributed by atoms with Crippen molar-refractivity contribution in [3.63, 3.8) is 0 Å². The molecule has 3 heterocycles. The summed E-state index contributed by atoms with van der Waals surface area (Å²) in [6, 6.07) is 6.37. The smallest absolute Gasteiger partial charge is 0.307 e. The molecule has 0 aromatic carbocycles. The number of nitrogens with one attached hydrogen (secondary N) is 1. The number of methoxy groups -OCH3 is 1. The van der Waals surface area contributed by atoms with Gasteiger partial charge in [0.2, 0.25) is 15.9 Å². The lowest BCUT2D eigenvalue weighted by Gasteiger charge is -2.31. The fourth-order valence-electron chi connectivity index (χ4n) is 3.26. The fraction of sp³-hybridized carbons (Fsp3) is 0.421. The number of carbonyl (C=O) groups is 2. The van der Waals surface area contributed by atoms with E-state index in [1.165, 1.54) is 41.2 Å². The zero-order valence-electron chi connectivity index (χ0n) is 16.0. The van der Waals surface area contributed by atoms with Crippen LogP contribution >= 0.6 is 11.3 Å². The predicted octanol–water partition coefficient (Wildman–Crippen LogP) is 1.96. The number of sulfonamides is 1. The molecule has 1 N–H and O–H groups in total. The van der Waals surface area contributed by atoms with E-state index in [4.69, 9.17) is 4.74 Å². The summed E-state index contributed by atoms with van der Waals surface area (Å²) in [6.45, 7) is 0.520. The average Bonchev–Trinajstić information content (AvgIpc) is 3.28. The summed E-state index contributed by atoms with van der Waals surface area (Å²) in [7, 11) is -2.30. The standard InChI is InChI=1S/C19H23N3O5S2/c1-27-18(23)12-16(17-5-3-11-28-17)21-19(24)14-6-9-22(10-7-14)29(25,26)15-4-2-8-20-13-15/h2-5,8,11,13-14,16H,6-7,9-10,12H2,1H3,(H,21,24)/t16-/m1/s1. The first-order chi connectivity index (χ1) is 13.9. The van der Waals surface area contributed by atoms with E-state index < -0.39 is 22.0 Å².